The SMILES string of the molecule is CCOCC(=O)N1CCCC(c2nnc(CN3CCCCC3)n2C)C1. The van der Waals surface area contributed by atoms with Crippen LogP contribution in [0, 0.1) is 0 Å². The summed E-state index contributed by atoms with van der Waals surface area (Å²) in [4.78, 5) is 16.6. The third kappa shape index (κ3) is 4.58. The van der Waals surface area contributed by atoms with Crippen molar-refractivity contribution in [2.24, 2.45) is 7.05 Å². The second-order valence-corrected chi connectivity index (χ2v) is 7.19. The Hall–Kier alpha value is -1.47. The van der Waals surface area contributed by atoms with Gasteiger partial charge < -0.3 is 14.2 Å². The molecule has 0 radical (unpaired) electrons. The molecule has 0 saturated carbocycles. The van der Waals surface area contributed by atoms with E-state index in [0.29, 0.717) is 6.61 Å². The van der Waals surface area contributed by atoms with E-state index in [2.05, 4.69) is 26.7 Å². The second-order valence-electron chi connectivity index (χ2n) is 7.19. The molecule has 1 amide bonds. The molecule has 2 saturated heterocycles. The summed E-state index contributed by atoms with van der Waals surface area (Å²) in [5.74, 6) is 2.41. The summed E-state index contributed by atoms with van der Waals surface area (Å²) in [6, 6.07) is 0. The molecule has 7 heteroatoms. The second kappa shape index (κ2) is 8.76. The highest BCUT2D eigenvalue weighted by atomic mass is 16.5. The van der Waals surface area contributed by atoms with Gasteiger partial charge in [0.05, 0.1) is 6.54 Å². The number of aromatic nitrogens is 3. The first kappa shape index (κ1) is 18.3. The van der Waals surface area contributed by atoms with Crippen LogP contribution in [0.4, 0.5) is 0 Å². The molecule has 1 aromatic rings. The third-order valence-electron chi connectivity index (χ3n) is 5.38. The van der Waals surface area contributed by atoms with Gasteiger partial charge in [0.2, 0.25) is 5.91 Å². The molecule has 0 aromatic carbocycles. The Morgan fingerprint density at radius 1 is 1.16 bits per heavy atom. The Labute approximate surface area is 150 Å². The Bertz CT molecular complexity index is 568. The Morgan fingerprint density at radius 3 is 2.72 bits per heavy atom. The minimum atomic E-state index is 0.0854. The maximum Gasteiger partial charge on any atom is 0.248 e. The largest absolute Gasteiger partial charge is 0.372 e. The fourth-order valence-corrected chi connectivity index (χ4v) is 3.88. The minimum absolute atomic E-state index is 0.0854. The van der Waals surface area contributed by atoms with E-state index in [1.807, 2.05) is 11.8 Å². The van der Waals surface area contributed by atoms with Crippen LogP contribution in [0.2, 0.25) is 0 Å². The van der Waals surface area contributed by atoms with Gasteiger partial charge in [-0.1, -0.05) is 6.42 Å². The molecule has 0 spiro atoms. The van der Waals surface area contributed by atoms with Crippen molar-refractivity contribution in [2.75, 3.05) is 39.4 Å². The molecule has 1 aromatic heterocycles. The highest BCUT2D eigenvalue weighted by Crippen LogP contribution is 2.26. The van der Waals surface area contributed by atoms with Crippen molar-refractivity contribution in [1.29, 1.82) is 0 Å². The van der Waals surface area contributed by atoms with Crippen molar-refractivity contribution in [1.82, 2.24) is 24.6 Å². The average Bonchev–Trinajstić information content (AvgIpc) is 3.01. The lowest BCUT2D eigenvalue weighted by atomic mass is 9.97. The van der Waals surface area contributed by atoms with E-state index < -0.39 is 0 Å². The van der Waals surface area contributed by atoms with Crippen LogP contribution < -0.4 is 0 Å². The zero-order chi connectivity index (χ0) is 17.6. The summed E-state index contributed by atoms with van der Waals surface area (Å²) in [5, 5.41) is 8.93. The van der Waals surface area contributed by atoms with Gasteiger partial charge in [-0.25, -0.2) is 0 Å². The number of hydrogen-bond donors (Lipinski definition) is 0. The van der Waals surface area contributed by atoms with Crippen molar-refractivity contribution in [2.45, 2.75) is 51.5 Å². The zero-order valence-electron chi connectivity index (χ0n) is 15.6. The highest BCUT2D eigenvalue weighted by Gasteiger charge is 2.28. The summed E-state index contributed by atoms with van der Waals surface area (Å²) < 4.78 is 7.42. The molecule has 0 bridgehead atoms. The monoisotopic (exact) mass is 349 g/mol. The van der Waals surface area contributed by atoms with Gasteiger partial charge in [-0.2, -0.15) is 0 Å². The molecule has 1 unspecified atom stereocenters. The Kier molecular flexibility index (Phi) is 6.42. The van der Waals surface area contributed by atoms with Crippen LogP contribution in [-0.4, -0.2) is 69.9 Å². The number of hydrogen-bond acceptors (Lipinski definition) is 5. The average molecular weight is 349 g/mol. The van der Waals surface area contributed by atoms with Gasteiger partial charge in [0.1, 0.15) is 18.3 Å². The summed E-state index contributed by atoms with van der Waals surface area (Å²) in [7, 11) is 2.07. The predicted octanol–water partition coefficient (Wildman–Crippen LogP) is 1.54. The van der Waals surface area contributed by atoms with Crippen LogP contribution in [-0.2, 0) is 23.1 Å². The quantitative estimate of drug-likeness (QED) is 0.780. The molecule has 0 N–H and O–H groups in total. The lowest BCUT2D eigenvalue weighted by Gasteiger charge is -2.32. The van der Waals surface area contributed by atoms with Crippen LogP contribution in [0.25, 0.3) is 0 Å². The molecule has 3 heterocycles. The Morgan fingerprint density at radius 2 is 1.96 bits per heavy atom. The predicted molar refractivity (Wildman–Crippen MR) is 95.2 cm³/mol. The standard InChI is InChI=1S/C18H31N5O2/c1-3-25-14-17(24)23-11-7-8-15(12-23)18-20-19-16(21(18)2)13-22-9-5-4-6-10-22/h15H,3-14H2,1-2H3. The van der Waals surface area contributed by atoms with Gasteiger partial charge in [-0.05, 0) is 45.7 Å². The van der Waals surface area contributed by atoms with Crippen LogP contribution in [0.5, 0.6) is 0 Å². The van der Waals surface area contributed by atoms with Gasteiger partial charge in [0.15, 0.2) is 0 Å². The van der Waals surface area contributed by atoms with Crippen LogP contribution >= 0.6 is 0 Å². The highest BCUT2D eigenvalue weighted by molar-refractivity contribution is 5.77. The Balaban J connectivity index is 1.62. The summed E-state index contributed by atoms with van der Waals surface area (Å²) in [6.45, 7) is 7.41. The number of rotatable bonds is 6. The molecule has 3 rings (SSSR count). The van der Waals surface area contributed by atoms with E-state index in [9.17, 15) is 4.79 Å². The van der Waals surface area contributed by atoms with E-state index in [0.717, 1.165) is 57.2 Å². The van der Waals surface area contributed by atoms with E-state index in [-0.39, 0.29) is 18.4 Å². The maximum absolute atomic E-state index is 12.2. The molecular formula is C18H31N5O2. The first-order valence-corrected chi connectivity index (χ1v) is 9.65. The van der Waals surface area contributed by atoms with Gasteiger partial charge in [0, 0.05) is 32.7 Å². The first-order chi connectivity index (χ1) is 12.2. The fourth-order valence-electron chi connectivity index (χ4n) is 3.88. The van der Waals surface area contributed by atoms with Crippen molar-refractivity contribution in [3.05, 3.63) is 11.6 Å². The lowest BCUT2D eigenvalue weighted by molar-refractivity contribution is -0.137. The van der Waals surface area contributed by atoms with Crippen LogP contribution in [0.1, 0.15) is 56.6 Å². The minimum Gasteiger partial charge on any atom is -0.372 e. The number of piperidine rings is 2. The number of ether oxygens (including phenoxy) is 1. The van der Waals surface area contributed by atoms with Crippen LogP contribution in [0.3, 0.4) is 0 Å². The molecule has 2 aliphatic rings. The molecular weight excluding hydrogens is 318 g/mol. The molecule has 1 atom stereocenters. The number of nitrogens with zero attached hydrogens (tertiary/aromatic N) is 5. The normalized spacial score (nSPS) is 22.3. The van der Waals surface area contributed by atoms with Gasteiger partial charge in [-0.3, -0.25) is 9.69 Å². The van der Waals surface area contributed by atoms with Gasteiger partial charge in [-0.15, -0.1) is 10.2 Å². The number of likely N-dealkylation sites (tertiary alicyclic amines) is 2. The third-order valence-corrected chi connectivity index (χ3v) is 5.38. The summed E-state index contributed by atoms with van der Waals surface area (Å²) in [6.07, 6.45) is 5.98. The molecule has 2 aliphatic heterocycles. The van der Waals surface area contributed by atoms with E-state index in [1.54, 1.807) is 0 Å². The topological polar surface area (TPSA) is 63.5 Å². The van der Waals surface area contributed by atoms with Crippen LogP contribution in [0.15, 0.2) is 0 Å². The van der Waals surface area contributed by atoms with Crippen molar-refractivity contribution >= 4 is 5.91 Å². The summed E-state index contributed by atoms with van der Waals surface area (Å²) in [5.41, 5.74) is 0. The summed E-state index contributed by atoms with van der Waals surface area (Å²) >= 11 is 0. The zero-order valence-corrected chi connectivity index (χ0v) is 15.6. The van der Waals surface area contributed by atoms with Gasteiger partial charge in [0.25, 0.3) is 0 Å². The molecule has 140 valence electrons. The lowest BCUT2D eigenvalue weighted by Crippen LogP contribution is -2.41. The fraction of sp³-hybridized carbons (Fsp3) is 0.833. The molecule has 0 aliphatic carbocycles. The number of carbonyl (C=O) groups is 1. The number of carbonyl (C=O) groups excluding carboxylic acids is 1. The van der Waals surface area contributed by atoms with Crippen molar-refractivity contribution in [3.8, 4) is 0 Å². The van der Waals surface area contributed by atoms with Gasteiger partial charge >= 0.3 is 0 Å². The van der Waals surface area contributed by atoms with E-state index in [1.165, 1.54) is 19.3 Å². The van der Waals surface area contributed by atoms with Crippen molar-refractivity contribution < 1.29 is 9.53 Å². The maximum atomic E-state index is 12.2. The van der Waals surface area contributed by atoms with Crippen molar-refractivity contribution in [3.63, 3.8) is 0 Å². The first-order valence-electron chi connectivity index (χ1n) is 9.65. The smallest absolute Gasteiger partial charge is 0.248 e. The number of amides is 1. The molecule has 25 heavy (non-hydrogen) atoms. The van der Waals surface area contributed by atoms with E-state index >= 15 is 0 Å². The molecule has 7 nitrogen and oxygen atoms in total. The molecule has 2 fully saturated rings. The van der Waals surface area contributed by atoms with E-state index in [4.69, 9.17) is 4.74 Å².